The first-order chi connectivity index (χ1) is 7.65. The summed E-state index contributed by atoms with van der Waals surface area (Å²) in [4.78, 5) is 1.25. The normalized spacial score (nSPS) is 10.4. The number of hydrogen-bond acceptors (Lipinski definition) is 2. The third-order valence-electron chi connectivity index (χ3n) is 2.27. The van der Waals surface area contributed by atoms with E-state index in [1.54, 1.807) is 11.3 Å². The molecule has 16 heavy (non-hydrogen) atoms. The van der Waals surface area contributed by atoms with Crippen LogP contribution in [0.25, 0.3) is 0 Å². The molecule has 0 unspecified atom stereocenters. The van der Waals surface area contributed by atoms with Crippen molar-refractivity contribution in [3.63, 3.8) is 0 Å². The van der Waals surface area contributed by atoms with Crippen molar-refractivity contribution in [1.29, 1.82) is 0 Å². The van der Waals surface area contributed by atoms with E-state index in [-0.39, 0.29) is 0 Å². The van der Waals surface area contributed by atoms with Gasteiger partial charge in [-0.1, -0.05) is 17.7 Å². The molecule has 0 amide bonds. The minimum absolute atomic E-state index is 0.830. The number of rotatable bonds is 3. The second kappa shape index (κ2) is 5.38. The molecule has 0 saturated heterocycles. The number of hydrogen-bond donors (Lipinski definition) is 1. The predicted octanol–water partition coefficient (Wildman–Crippen LogP) is 4.93. The van der Waals surface area contributed by atoms with Crippen LogP contribution in [0.3, 0.4) is 0 Å². The number of nitrogens with one attached hydrogen (secondary N) is 1. The zero-order chi connectivity index (χ0) is 11.5. The van der Waals surface area contributed by atoms with Crippen molar-refractivity contribution in [2.75, 3.05) is 5.32 Å². The fraction of sp³-hybridized carbons (Fsp3) is 0.167. The standard InChI is InChI=1S/C12H11ClINS/c1-8-2-3-9(6-11(8)14)15-7-10-4-5-12(13)16-10/h2-6,15H,7H2,1H3. The van der Waals surface area contributed by atoms with Crippen LogP contribution in [0, 0.1) is 10.5 Å². The number of thiophene rings is 1. The SMILES string of the molecule is Cc1ccc(NCc2ccc(Cl)s2)cc1I. The minimum atomic E-state index is 0.830. The Hall–Kier alpha value is -0.260. The summed E-state index contributed by atoms with van der Waals surface area (Å²) in [6.45, 7) is 2.95. The minimum Gasteiger partial charge on any atom is -0.380 e. The Labute approximate surface area is 118 Å². The molecule has 0 fully saturated rings. The van der Waals surface area contributed by atoms with Gasteiger partial charge in [-0.05, 0) is 59.3 Å². The van der Waals surface area contributed by atoms with Gasteiger partial charge < -0.3 is 5.32 Å². The van der Waals surface area contributed by atoms with Gasteiger partial charge in [0.25, 0.3) is 0 Å². The van der Waals surface area contributed by atoms with Gasteiger partial charge >= 0.3 is 0 Å². The van der Waals surface area contributed by atoms with Gasteiger partial charge in [0.15, 0.2) is 0 Å². The van der Waals surface area contributed by atoms with Crippen molar-refractivity contribution in [2.24, 2.45) is 0 Å². The Morgan fingerprint density at radius 2 is 2.12 bits per heavy atom. The summed E-state index contributed by atoms with van der Waals surface area (Å²) in [5, 5.41) is 3.39. The van der Waals surface area contributed by atoms with Gasteiger partial charge in [0.05, 0.1) is 4.34 Å². The second-order valence-electron chi connectivity index (χ2n) is 3.52. The highest BCUT2D eigenvalue weighted by Gasteiger charge is 1.99. The molecule has 0 bridgehead atoms. The quantitative estimate of drug-likeness (QED) is 0.763. The van der Waals surface area contributed by atoms with Gasteiger partial charge in [0, 0.05) is 20.7 Å². The fourth-order valence-corrected chi connectivity index (χ4v) is 2.88. The number of halogens is 2. The predicted molar refractivity (Wildman–Crippen MR) is 80.6 cm³/mol. The van der Waals surface area contributed by atoms with Gasteiger partial charge in [-0.25, -0.2) is 0 Å². The van der Waals surface area contributed by atoms with E-state index < -0.39 is 0 Å². The fourth-order valence-electron chi connectivity index (χ4n) is 1.34. The molecule has 0 aliphatic carbocycles. The number of benzene rings is 1. The first-order valence-electron chi connectivity index (χ1n) is 4.89. The molecule has 0 spiro atoms. The maximum Gasteiger partial charge on any atom is 0.0931 e. The van der Waals surface area contributed by atoms with Gasteiger partial charge in [-0.2, -0.15) is 0 Å². The van der Waals surface area contributed by atoms with Crippen LogP contribution in [0.2, 0.25) is 4.34 Å². The average molecular weight is 364 g/mol. The highest BCUT2D eigenvalue weighted by molar-refractivity contribution is 14.1. The summed E-state index contributed by atoms with van der Waals surface area (Å²) in [7, 11) is 0. The first-order valence-corrected chi connectivity index (χ1v) is 7.17. The number of anilines is 1. The molecule has 1 aromatic carbocycles. The Balaban J connectivity index is 2.02. The van der Waals surface area contributed by atoms with Crippen molar-refractivity contribution < 1.29 is 0 Å². The third kappa shape index (κ3) is 3.12. The van der Waals surface area contributed by atoms with Crippen LogP contribution in [0.1, 0.15) is 10.4 Å². The van der Waals surface area contributed by atoms with Gasteiger partial charge in [-0.15, -0.1) is 11.3 Å². The third-order valence-corrected chi connectivity index (χ3v) is 4.66. The van der Waals surface area contributed by atoms with Crippen molar-refractivity contribution >= 4 is 51.2 Å². The molecule has 0 aliphatic heterocycles. The first kappa shape index (κ1) is 12.2. The Morgan fingerprint density at radius 3 is 2.75 bits per heavy atom. The topological polar surface area (TPSA) is 12.0 Å². The summed E-state index contributed by atoms with van der Waals surface area (Å²) in [5.74, 6) is 0. The van der Waals surface area contributed by atoms with Crippen LogP contribution in [0.4, 0.5) is 5.69 Å². The van der Waals surface area contributed by atoms with Crippen molar-refractivity contribution in [3.05, 3.63) is 48.7 Å². The zero-order valence-electron chi connectivity index (χ0n) is 8.76. The van der Waals surface area contributed by atoms with E-state index in [0.29, 0.717) is 0 Å². The maximum absolute atomic E-state index is 5.88. The molecule has 1 nitrogen and oxygen atoms in total. The lowest BCUT2D eigenvalue weighted by Gasteiger charge is -2.06. The highest BCUT2D eigenvalue weighted by Crippen LogP contribution is 2.23. The van der Waals surface area contributed by atoms with Gasteiger partial charge in [0.1, 0.15) is 0 Å². The molecule has 4 heteroatoms. The molecule has 84 valence electrons. The number of aryl methyl sites for hydroxylation is 1. The summed E-state index contributed by atoms with van der Waals surface area (Å²) in [6, 6.07) is 10.4. The average Bonchev–Trinajstić information content (AvgIpc) is 2.66. The zero-order valence-corrected chi connectivity index (χ0v) is 12.5. The summed E-state index contributed by atoms with van der Waals surface area (Å²) >= 11 is 9.84. The van der Waals surface area contributed by atoms with Crippen LogP contribution >= 0.6 is 45.5 Å². The second-order valence-corrected chi connectivity index (χ2v) is 6.49. The highest BCUT2D eigenvalue weighted by atomic mass is 127. The molecule has 0 atom stereocenters. The Kier molecular flexibility index (Phi) is 4.10. The molecule has 0 radical (unpaired) electrons. The summed E-state index contributed by atoms with van der Waals surface area (Å²) < 4.78 is 2.13. The van der Waals surface area contributed by atoms with Crippen LogP contribution < -0.4 is 5.32 Å². The van der Waals surface area contributed by atoms with Crippen LogP contribution in [0.5, 0.6) is 0 Å². The van der Waals surface area contributed by atoms with Gasteiger partial charge in [0.2, 0.25) is 0 Å². The Morgan fingerprint density at radius 1 is 1.31 bits per heavy atom. The largest absolute Gasteiger partial charge is 0.380 e. The molecular formula is C12H11ClINS. The van der Waals surface area contributed by atoms with E-state index in [1.165, 1.54) is 14.0 Å². The summed E-state index contributed by atoms with van der Waals surface area (Å²) in [5.41, 5.74) is 2.46. The van der Waals surface area contributed by atoms with Crippen LogP contribution in [-0.2, 0) is 6.54 Å². The van der Waals surface area contributed by atoms with E-state index in [2.05, 4.69) is 59.1 Å². The van der Waals surface area contributed by atoms with Crippen molar-refractivity contribution in [1.82, 2.24) is 0 Å². The van der Waals surface area contributed by atoms with E-state index >= 15 is 0 Å². The maximum atomic E-state index is 5.88. The van der Waals surface area contributed by atoms with E-state index in [4.69, 9.17) is 11.6 Å². The molecule has 1 heterocycles. The lowest BCUT2D eigenvalue weighted by molar-refractivity contribution is 1.19. The molecule has 1 N–H and O–H groups in total. The lowest BCUT2D eigenvalue weighted by Crippen LogP contribution is -1.97. The van der Waals surface area contributed by atoms with Crippen LogP contribution in [0.15, 0.2) is 30.3 Å². The molecule has 0 saturated carbocycles. The van der Waals surface area contributed by atoms with Crippen molar-refractivity contribution in [3.8, 4) is 0 Å². The Bertz CT molecular complexity index is 496. The monoisotopic (exact) mass is 363 g/mol. The van der Waals surface area contributed by atoms with Crippen molar-refractivity contribution in [2.45, 2.75) is 13.5 Å². The molecule has 2 rings (SSSR count). The molecule has 1 aromatic heterocycles. The summed E-state index contributed by atoms with van der Waals surface area (Å²) in [6.07, 6.45) is 0. The molecular weight excluding hydrogens is 353 g/mol. The van der Waals surface area contributed by atoms with Gasteiger partial charge in [-0.3, -0.25) is 0 Å². The smallest absolute Gasteiger partial charge is 0.0931 e. The van der Waals surface area contributed by atoms with E-state index in [0.717, 1.165) is 16.6 Å². The lowest BCUT2D eigenvalue weighted by atomic mass is 10.2. The van der Waals surface area contributed by atoms with E-state index in [1.807, 2.05) is 6.07 Å². The molecule has 0 aliphatic rings. The molecule has 2 aromatic rings. The van der Waals surface area contributed by atoms with E-state index in [9.17, 15) is 0 Å². The van der Waals surface area contributed by atoms with Crippen LogP contribution in [-0.4, -0.2) is 0 Å².